The Morgan fingerprint density at radius 2 is 1.38 bits per heavy atom. The van der Waals surface area contributed by atoms with Gasteiger partial charge in [0, 0.05) is 11.6 Å². The van der Waals surface area contributed by atoms with Gasteiger partial charge in [0.1, 0.15) is 11.5 Å². The second-order valence-electron chi connectivity index (χ2n) is 6.45. The minimum Gasteiger partial charge on any atom is -0.496 e. The van der Waals surface area contributed by atoms with Gasteiger partial charge in [-0.15, -0.1) is 0 Å². The van der Waals surface area contributed by atoms with Crippen molar-refractivity contribution in [1.29, 1.82) is 0 Å². The van der Waals surface area contributed by atoms with Gasteiger partial charge in [-0.2, -0.15) is 0 Å². The number of methoxy groups -OCH3 is 2. The topological polar surface area (TPSA) is 18.5 Å². The third-order valence-electron chi connectivity index (χ3n) is 5.15. The fraction of sp³-hybridized carbons (Fsp3) is 0.0833. The predicted molar refractivity (Wildman–Crippen MR) is 108 cm³/mol. The van der Waals surface area contributed by atoms with E-state index in [9.17, 15) is 0 Å². The summed E-state index contributed by atoms with van der Waals surface area (Å²) in [5, 5.41) is 7.62. The smallest absolute Gasteiger partial charge is 0.127 e. The van der Waals surface area contributed by atoms with Crippen LogP contribution in [0.3, 0.4) is 0 Å². The normalized spacial score (nSPS) is 11.5. The van der Waals surface area contributed by atoms with E-state index in [1.165, 1.54) is 32.3 Å². The quantitative estimate of drug-likeness (QED) is 0.372. The molecule has 0 aliphatic heterocycles. The number of benzene rings is 5. The summed E-state index contributed by atoms with van der Waals surface area (Å²) in [6.45, 7) is 0. The third-order valence-corrected chi connectivity index (χ3v) is 5.15. The van der Waals surface area contributed by atoms with Crippen LogP contribution in [-0.4, -0.2) is 14.2 Å². The van der Waals surface area contributed by atoms with E-state index in [0.717, 1.165) is 16.9 Å². The highest BCUT2D eigenvalue weighted by Crippen LogP contribution is 2.42. The van der Waals surface area contributed by atoms with Crippen LogP contribution in [0.5, 0.6) is 11.5 Å². The molecule has 0 amide bonds. The van der Waals surface area contributed by atoms with E-state index in [2.05, 4.69) is 60.7 Å². The first-order valence-corrected chi connectivity index (χ1v) is 8.61. The molecule has 26 heavy (non-hydrogen) atoms. The lowest BCUT2D eigenvalue weighted by Gasteiger charge is -2.16. The minimum absolute atomic E-state index is 0.700. The molecule has 0 aliphatic carbocycles. The average molecular weight is 337 g/mol. The molecule has 125 valence electrons. The van der Waals surface area contributed by atoms with Gasteiger partial charge >= 0.3 is 0 Å². The SMILES string of the molecule is COc1[c]cc(OC)c(-c2ccc3ccc4cccc5ccc2c3c45)c1. The van der Waals surface area contributed by atoms with E-state index >= 15 is 0 Å². The van der Waals surface area contributed by atoms with Crippen LogP contribution < -0.4 is 9.47 Å². The van der Waals surface area contributed by atoms with Gasteiger partial charge in [-0.25, -0.2) is 0 Å². The first-order chi connectivity index (χ1) is 12.8. The van der Waals surface area contributed by atoms with Crippen LogP contribution in [0.1, 0.15) is 0 Å². The molecule has 5 aromatic carbocycles. The molecule has 0 saturated carbocycles. The van der Waals surface area contributed by atoms with Crippen LogP contribution in [0.25, 0.3) is 43.4 Å². The van der Waals surface area contributed by atoms with Crippen LogP contribution in [0.4, 0.5) is 0 Å². The van der Waals surface area contributed by atoms with Crippen LogP contribution in [0, 0.1) is 6.07 Å². The maximum Gasteiger partial charge on any atom is 0.127 e. The highest BCUT2D eigenvalue weighted by molar-refractivity contribution is 6.25. The molecule has 0 fully saturated rings. The third kappa shape index (κ3) is 2.05. The zero-order chi connectivity index (χ0) is 17.7. The molecule has 0 bridgehead atoms. The number of hydrogen-bond donors (Lipinski definition) is 0. The Bertz CT molecular complexity index is 1240. The molecule has 0 saturated heterocycles. The van der Waals surface area contributed by atoms with Crippen LogP contribution >= 0.6 is 0 Å². The summed E-state index contributed by atoms with van der Waals surface area (Å²) in [6, 6.07) is 26.6. The first-order valence-electron chi connectivity index (χ1n) is 8.61. The van der Waals surface area contributed by atoms with Crippen molar-refractivity contribution in [3.8, 4) is 22.6 Å². The van der Waals surface area contributed by atoms with Crippen LogP contribution in [-0.2, 0) is 0 Å². The number of ether oxygens (including phenoxy) is 2. The summed E-state index contributed by atoms with van der Waals surface area (Å²) in [5.41, 5.74) is 2.15. The Kier molecular flexibility index (Phi) is 3.26. The second kappa shape index (κ2) is 5.63. The molecule has 0 N–H and O–H groups in total. The Hall–Kier alpha value is -3.26. The predicted octanol–water partition coefficient (Wildman–Crippen LogP) is 6.07. The summed E-state index contributed by atoms with van der Waals surface area (Å²) < 4.78 is 11.0. The summed E-state index contributed by atoms with van der Waals surface area (Å²) >= 11 is 0. The maximum absolute atomic E-state index is 5.60. The fourth-order valence-electron chi connectivity index (χ4n) is 3.93. The van der Waals surface area contributed by atoms with E-state index in [1.807, 2.05) is 12.1 Å². The van der Waals surface area contributed by atoms with Gasteiger partial charge in [-0.1, -0.05) is 54.6 Å². The van der Waals surface area contributed by atoms with Crippen LogP contribution in [0.15, 0.2) is 66.7 Å². The lowest BCUT2D eigenvalue weighted by Crippen LogP contribution is -1.92. The van der Waals surface area contributed by atoms with Crippen molar-refractivity contribution in [3.05, 3.63) is 72.8 Å². The number of rotatable bonds is 3. The summed E-state index contributed by atoms with van der Waals surface area (Å²) in [5.74, 6) is 1.49. The second-order valence-corrected chi connectivity index (χ2v) is 6.45. The Morgan fingerprint density at radius 1 is 0.692 bits per heavy atom. The summed E-state index contributed by atoms with van der Waals surface area (Å²) in [7, 11) is 3.35. The van der Waals surface area contributed by atoms with E-state index in [-0.39, 0.29) is 0 Å². The van der Waals surface area contributed by atoms with Gasteiger partial charge < -0.3 is 9.47 Å². The molecule has 1 radical (unpaired) electrons. The molecule has 0 atom stereocenters. The van der Waals surface area contributed by atoms with Crippen molar-refractivity contribution < 1.29 is 9.47 Å². The van der Waals surface area contributed by atoms with Crippen molar-refractivity contribution >= 4 is 32.3 Å². The Balaban J connectivity index is 1.93. The van der Waals surface area contributed by atoms with Gasteiger partial charge in [0.25, 0.3) is 0 Å². The molecule has 5 rings (SSSR count). The molecular formula is C24H17O2. The number of hydrogen-bond acceptors (Lipinski definition) is 2. The van der Waals surface area contributed by atoms with E-state index < -0.39 is 0 Å². The van der Waals surface area contributed by atoms with Gasteiger partial charge in [-0.3, -0.25) is 0 Å². The van der Waals surface area contributed by atoms with Crippen LogP contribution in [0.2, 0.25) is 0 Å². The lowest BCUT2D eigenvalue weighted by molar-refractivity contribution is 0.403. The van der Waals surface area contributed by atoms with E-state index in [1.54, 1.807) is 14.2 Å². The first kappa shape index (κ1) is 15.0. The molecule has 2 heteroatoms. The monoisotopic (exact) mass is 337 g/mol. The van der Waals surface area contributed by atoms with Crippen molar-refractivity contribution in [1.82, 2.24) is 0 Å². The van der Waals surface area contributed by atoms with Gasteiger partial charge in [0.05, 0.1) is 14.2 Å². The van der Waals surface area contributed by atoms with Gasteiger partial charge in [0.15, 0.2) is 0 Å². The molecule has 0 spiro atoms. The molecule has 0 unspecified atom stereocenters. The molecule has 0 heterocycles. The van der Waals surface area contributed by atoms with E-state index in [0.29, 0.717) is 5.75 Å². The Morgan fingerprint density at radius 3 is 2.12 bits per heavy atom. The summed E-state index contributed by atoms with van der Waals surface area (Å²) in [6.07, 6.45) is 0. The molecular weight excluding hydrogens is 320 g/mol. The highest BCUT2D eigenvalue weighted by Gasteiger charge is 2.15. The standard InChI is InChI=1S/C24H17O2/c1-25-18-10-13-22(26-2)21(14-18)19-11-8-17-7-6-15-4-3-5-16-9-12-20(19)24(17)23(15)16/h3-9,11-14H,1-2H3. The molecule has 0 aliphatic rings. The van der Waals surface area contributed by atoms with Crippen molar-refractivity contribution in [3.63, 3.8) is 0 Å². The zero-order valence-electron chi connectivity index (χ0n) is 14.7. The molecule has 5 aromatic rings. The van der Waals surface area contributed by atoms with Crippen molar-refractivity contribution in [2.24, 2.45) is 0 Å². The minimum atomic E-state index is 0.700. The maximum atomic E-state index is 5.60. The largest absolute Gasteiger partial charge is 0.496 e. The zero-order valence-corrected chi connectivity index (χ0v) is 14.7. The van der Waals surface area contributed by atoms with Gasteiger partial charge in [0.2, 0.25) is 0 Å². The molecule has 2 nitrogen and oxygen atoms in total. The van der Waals surface area contributed by atoms with Crippen molar-refractivity contribution in [2.75, 3.05) is 14.2 Å². The summed E-state index contributed by atoms with van der Waals surface area (Å²) in [4.78, 5) is 0. The fourth-order valence-corrected chi connectivity index (χ4v) is 3.93. The van der Waals surface area contributed by atoms with E-state index in [4.69, 9.17) is 9.47 Å². The molecule has 0 aromatic heterocycles. The average Bonchev–Trinajstić information content (AvgIpc) is 2.71. The highest BCUT2D eigenvalue weighted by atomic mass is 16.5. The van der Waals surface area contributed by atoms with Gasteiger partial charge in [-0.05, 0) is 50.0 Å². The Labute approximate surface area is 151 Å². The lowest BCUT2D eigenvalue weighted by atomic mass is 9.89. The van der Waals surface area contributed by atoms with Crippen molar-refractivity contribution in [2.45, 2.75) is 0 Å².